The van der Waals surface area contributed by atoms with Crippen molar-refractivity contribution in [3.8, 4) is 0 Å². The lowest BCUT2D eigenvalue weighted by Gasteiger charge is -2.39. The lowest BCUT2D eigenvalue weighted by Crippen LogP contribution is -2.59. The first kappa shape index (κ1) is 47.4. The summed E-state index contributed by atoms with van der Waals surface area (Å²) in [4.78, 5) is 12.7. The SMILES string of the molecule is CCCC/C=C\CCCCCCCCOCC(COC1OC(CO)C(O)C(O)C1O)OC(=O)CCCCCCC/C=C\C/C=C\CCCCCC. The van der Waals surface area contributed by atoms with Crippen molar-refractivity contribution in [2.45, 2.75) is 198 Å². The summed E-state index contributed by atoms with van der Waals surface area (Å²) in [6.45, 7) is 4.47. The van der Waals surface area contributed by atoms with E-state index in [4.69, 9.17) is 18.9 Å². The molecule has 0 amide bonds. The van der Waals surface area contributed by atoms with Crippen LogP contribution in [-0.4, -0.2) is 89.6 Å². The Morgan fingerprint density at radius 3 is 1.76 bits per heavy atom. The molecular formula is C42H76O9. The number of ether oxygens (including phenoxy) is 4. The first-order valence-corrected chi connectivity index (χ1v) is 20.6. The zero-order valence-electron chi connectivity index (χ0n) is 32.4. The fourth-order valence-electron chi connectivity index (χ4n) is 5.97. The van der Waals surface area contributed by atoms with Gasteiger partial charge in [0.2, 0.25) is 0 Å². The standard InChI is InChI=1S/C42H76O9/c1-3-5-7-9-11-13-15-17-18-19-20-21-23-25-27-29-31-38(44)50-36(35-49-42-41(47)40(46)39(45)37(33-43)51-42)34-48-32-30-28-26-24-22-16-14-12-10-8-6-4-2/h10,12-13,15,18-19,36-37,39-43,45-47H,3-9,11,14,16-17,20-35H2,1-2H3/b12-10-,15-13-,19-18-. The molecule has 0 radical (unpaired) electrons. The lowest BCUT2D eigenvalue weighted by atomic mass is 9.99. The van der Waals surface area contributed by atoms with Crippen LogP contribution in [0.1, 0.15) is 162 Å². The van der Waals surface area contributed by atoms with Gasteiger partial charge in [-0.2, -0.15) is 0 Å². The van der Waals surface area contributed by atoms with Crippen LogP contribution in [-0.2, 0) is 23.7 Å². The molecule has 4 N–H and O–H groups in total. The van der Waals surface area contributed by atoms with E-state index >= 15 is 0 Å². The van der Waals surface area contributed by atoms with Crippen LogP contribution >= 0.6 is 0 Å². The molecule has 1 aliphatic heterocycles. The normalized spacial score (nSPS) is 21.7. The van der Waals surface area contributed by atoms with E-state index in [0.717, 1.165) is 70.6 Å². The van der Waals surface area contributed by atoms with E-state index in [2.05, 4.69) is 50.3 Å². The molecule has 9 nitrogen and oxygen atoms in total. The molecule has 1 rings (SSSR count). The fourth-order valence-corrected chi connectivity index (χ4v) is 5.97. The number of hydrogen-bond donors (Lipinski definition) is 4. The summed E-state index contributed by atoms with van der Waals surface area (Å²) < 4.78 is 22.7. The lowest BCUT2D eigenvalue weighted by molar-refractivity contribution is -0.305. The van der Waals surface area contributed by atoms with Gasteiger partial charge in [-0.3, -0.25) is 4.79 Å². The van der Waals surface area contributed by atoms with E-state index in [1.807, 2.05) is 0 Å². The highest BCUT2D eigenvalue weighted by molar-refractivity contribution is 5.69. The highest BCUT2D eigenvalue weighted by Crippen LogP contribution is 2.22. The number of esters is 1. The highest BCUT2D eigenvalue weighted by Gasteiger charge is 2.44. The molecule has 6 unspecified atom stereocenters. The molecule has 0 aliphatic carbocycles. The third kappa shape index (κ3) is 25.9. The zero-order chi connectivity index (χ0) is 37.2. The monoisotopic (exact) mass is 725 g/mol. The number of aliphatic hydroxyl groups excluding tert-OH is 4. The highest BCUT2D eigenvalue weighted by atomic mass is 16.7. The Hall–Kier alpha value is -1.59. The van der Waals surface area contributed by atoms with Gasteiger partial charge in [-0.15, -0.1) is 0 Å². The van der Waals surface area contributed by atoms with Crippen molar-refractivity contribution >= 4 is 5.97 Å². The first-order chi connectivity index (χ1) is 24.9. The van der Waals surface area contributed by atoms with Gasteiger partial charge in [-0.1, -0.05) is 127 Å². The quantitative estimate of drug-likeness (QED) is 0.0293. The molecule has 9 heteroatoms. The third-order valence-corrected chi connectivity index (χ3v) is 9.28. The maximum Gasteiger partial charge on any atom is 0.306 e. The van der Waals surface area contributed by atoms with Crippen LogP contribution in [0.3, 0.4) is 0 Å². The van der Waals surface area contributed by atoms with Crippen molar-refractivity contribution in [1.29, 1.82) is 0 Å². The molecule has 0 spiro atoms. The molecular weight excluding hydrogens is 648 g/mol. The van der Waals surface area contributed by atoms with Crippen LogP contribution in [0.25, 0.3) is 0 Å². The predicted molar refractivity (Wildman–Crippen MR) is 205 cm³/mol. The Morgan fingerprint density at radius 2 is 1.16 bits per heavy atom. The molecule has 0 aromatic rings. The second-order valence-corrected chi connectivity index (χ2v) is 14.1. The summed E-state index contributed by atoms with van der Waals surface area (Å²) in [5, 5.41) is 40.0. The number of unbranched alkanes of at least 4 members (excludes halogenated alkanes) is 17. The van der Waals surface area contributed by atoms with E-state index in [0.29, 0.717) is 13.0 Å². The van der Waals surface area contributed by atoms with Gasteiger partial charge in [0.25, 0.3) is 0 Å². The smallest absolute Gasteiger partial charge is 0.306 e. The molecule has 0 aromatic carbocycles. The number of carbonyl (C=O) groups is 1. The van der Waals surface area contributed by atoms with Gasteiger partial charge in [-0.05, 0) is 64.2 Å². The summed E-state index contributed by atoms with van der Waals surface area (Å²) in [5.41, 5.74) is 0. The van der Waals surface area contributed by atoms with E-state index in [1.165, 1.54) is 70.6 Å². The van der Waals surface area contributed by atoms with Crippen LogP contribution in [0.2, 0.25) is 0 Å². The summed E-state index contributed by atoms with van der Waals surface area (Å²) >= 11 is 0. The second-order valence-electron chi connectivity index (χ2n) is 14.1. The Bertz CT molecular complexity index is 874. The average molecular weight is 725 g/mol. The zero-order valence-corrected chi connectivity index (χ0v) is 32.4. The van der Waals surface area contributed by atoms with E-state index in [9.17, 15) is 25.2 Å². The van der Waals surface area contributed by atoms with Gasteiger partial charge in [0.15, 0.2) is 6.29 Å². The van der Waals surface area contributed by atoms with Crippen molar-refractivity contribution in [3.63, 3.8) is 0 Å². The van der Waals surface area contributed by atoms with Crippen LogP contribution in [0, 0.1) is 0 Å². The summed E-state index contributed by atoms with van der Waals surface area (Å²) in [7, 11) is 0. The van der Waals surface area contributed by atoms with Gasteiger partial charge in [0.1, 0.15) is 30.5 Å². The second kappa shape index (κ2) is 34.2. The number of aliphatic hydroxyl groups is 4. The van der Waals surface area contributed by atoms with Crippen molar-refractivity contribution in [2.24, 2.45) is 0 Å². The molecule has 51 heavy (non-hydrogen) atoms. The Balaban J connectivity index is 2.32. The molecule has 0 saturated carbocycles. The average Bonchev–Trinajstić information content (AvgIpc) is 3.13. The summed E-state index contributed by atoms with van der Waals surface area (Å²) in [6, 6.07) is 0. The predicted octanol–water partition coefficient (Wildman–Crippen LogP) is 8.41. The number of rotatable bonds is 34. The Labute approximate surface area is 310 Å². The number of carbonyl (C=O) groups excluding carboxylic acids is 1. The molecule has 1 heterocycles. The molecule has 0 bridgehead atoms. The Kier molecular flexibility index (Phi) is 31.8. The van der Waals surface area contributed by atoms with Gasteiger partial charge < -0.3 is 39.4 Å². The minimum absolute atomic E-state index is 0.121. The van der Waals surface area contributed by atoms with Crippen molar-refractivity contribution < 1.29 is 44.2 Å². The largest absolute Gasteiger partial charge is 0.457 e. The maximum atomic E-state index is 12.7. The van der Waals surface area contributed by atoms with Crippen molar-refractivity contribution in [2.75, 3.05) is 26.4 Å². The fraction of sp³-hybridized carbons (Fsp3) is 0.833. The van der Waals surface area contributed by atoms with Crippen LogP contribution < -0.4 is 0 Å². The van der Waals surface area contributed by atoms with Gasteiger partial charge in [0.05, 0.1) is 19.8 Å². The topological polar surface area (TPSA) is 135 Å². The molecule has 298 valence electrons. The van der Waals surface area contributed by atoms with Gasteiger partial charge in [0, 0.05) is 13.0 Å². The molecule has 0 aromatic heterocycles. The molecule has 6 atom stereocenters. The minimum atomic E-state index is -1.54. The Morgan fingerprint density at radius 1 is 0.627 bits per heavy atom. The number of hydrogen-bond acceptors (Lipinski definition) is 9. The summed E-state index contributed by atoms with van der Waals surface area (Å²) in [5.74, 6) is -0.331. The van der Waals surface area contributed by atoms with E-state index in [1.54, 1.807) is 0 Å². The third-order valence-electron chi connectivity index (χ3n) is 9.28. The van der Waals surface area contributed by atoms with Crippen LogP contribution in [0.15, 0.2) is 36.5 Å². The van der Waals surface area contributed by atoms with E-state index in [-0.39, 0.29) is 19.2 Å². The van der Waals surface area contributed by atoms with Crippen molar-refractivity contribution in [3.05, 3.63) is 36.5 Å². The molecule has 1 saturated heterocycles. The van der Waals surface area contributed by atoms with E-state index < -0.39 is 43.4 Å². The minimum Gasteiger partial charge on any atom is -0.457 e. The summed E-state index contributed by atoms with van der Waals surface area (Å²) in [6.07, 6.45) is 31.6. The molecule has 1 aliphatic rings. The number of allylic oxidation sites excluding steroid dienone is 6. The first-order valence-electron chi connectivity index (χ1n) is 20.6. The van der Waals surface area contributed by atoms with Crippen LogP contribution in [0.4, 0.5) is 0 Å². The van der Waals surface area contributed by atoms with Crippen molar-refractivity contribution in [1.82, 2.24) is 0 Å². The van der Waals surface area contributed by atoms with Gasteiger partial charge in [-0.25, -0.2) is 0 Å². The maximum absolute atomic E-state index is 12.7. The van der Waals surface area contributed by atoms with Crippen LogP contribution in [0.5, 0.6) is 0 Å². The molecule has 1 fully saturated rings. The van der Waals surface area contributed by atoms with Gasteiger partial charge >= 0.3 is 5.97 Å².